The lowest BCUT2D eigenvalue weighted by Crippen LogP contribution is -2.39. The highest BCUT2D eigenvalue weighted by atomic mass is 19.4. The van der Waals surface area contributed by atoms with Gasteiger partial charge in [0.2, 0.25) is 0 Å². The van der Waals surface area contributed by atoms with Gasteiger partial charge in [-0.3, -0.25) is 4.79 Å². The van der Waals surface area contributed by atoms with Crippen LogP contribution in [0.15, 0.2) is 36.7 Å². The summed E-state index contributed by atoms with van der Waals surface area (Å²) in [7, 11) is 1.94. The van der Waals surface area contributed by atoms with Crippen LogP contribution in [0.25, 0.3) is 0 Å². The summed E-state index contributed by atoms with van der Waals surface area (Å²) in [6.45, 7) is 4.11. The molecule has 2 aromatic rings. The van der Waals surface area contributed by atoms with Crippen LogP contribution in [0.1, 0.15) is 35.7 Å². The van der Waals surface area contributed by atoms with Gasteiger partial charge in [-0.05, 0) is 31.9 Å². The highest BCUT2D eigenvalue weighted by Crippen LogP contribution is 2.30. The molecule has 28 heavy (non-hydrogen) atoms. The van der Waals surface area contributed by atoms with Gasteiger partial charge in [0.25, 0.3) is 0 Å². The van der Waals surface area contributed by atoms with Crippen molar-refractivity contribution >= 4 is 17.4 Å². The van der Waals surface area contributed by atoms with Gasteiger partial charge in [-0.1, -0.05) is 12.1 Å². The molecule has 1 aromatic carbocycles. The number of ketones is 1. The third-order valence-corrected chi connectivity index (χ3v) is 5.12. The molecular weight excluding hydrogens is 369 g/mol. The molecule has 0 unspecified atom stereocenters. The van der Waals surface area contributed by atoms with Crippen molar-refractivity contribution in [2.75, 3.05) is 36.5 Å². The summed E-state index contributed by atoms with van der Waals surface area (Å²) < 4.78 is 38.2. The highest BCUT2D eigenvalue weighted by Gasteiger charge is 2.31. The number of aromatic nitrogens is 2. The first-order valence-corrected chi connectivity index (χ1v) is 9.29. The van der Waals surface area contributed by atoms with Gasteiger partial charge in [0.15, 0.2) is 5.78 Å². The fraction of sp³-hybridized carbons (Fsp3) is 0.450. The first kappa shape index (κ1) is 20.1. The molecule has 8 heteroatoms. The zero-order chi connectivity index (χ0) is 20.3. The standard InChI is InChI=1S/C20H23F3N4O/c1-3-26(2)17-11-18(25-13-24-17)27-10-4-5-15(12-27)19(28)14-6-8-16(9-7-14)20(21,22)23/h6-9,11,13,15H,3-5,10,12H2,1-2H3/t15-/m0/s1. The number of carbonyl (C=O) groups excluding carboxylic acids is 1. The SMILES string of the molecule is CCN(C)c1cc(N2CCC[C@H](C(=O)c3ccc(C(F)(F)F)cc3)C2)ncn1. The summed E-state index contributed by atoms with van der Waals surface area (Å²) in [4.78, 5) is 25.5. The van der Waals surface area contributed by atoms with Crippen molar-refractivity contribution < 1.29 is 18.0 Å². The third-order valence-electron chi connectivity index (χ3n) is 5.12. The number of piperidine rings is 1. The Morgan fingerprint density at radius 2 is 1.96 bits per heavy atom. The van der Waals surface area contributed by atoms with Gasteiger partial charge < -0.3 is 9.80 Å². The van der Waals surface area contributed by atoms with E-state index in [0.717, 1.165) is 43.3 Å². The summed E-state index contributed by atoms with van der Waals surface area (Å²) in [5, 5.41) is 0. The van der Waals surface area contributed by atoms with E-state index >= 15 is 0 Å². The molecule has 1 fully saturated rings. The number of hydrogen-bond donors (Lipinski definition) is 0. The summed E-state index contributed by atoms with van der Waals surface area (Å²) in [5.41, 5.74) is -0.433. The Morgan fingerprint density at radius 3 is 2.61 bits per heavy atom. The maximum atomic E-state index is 12.8. The van der Waals surface area contributed by atoms with Crippen LogP contribution < -0.4 is 9.80 Å². The zero-order valence-electron chi connectivity index (χ0n) is 15.9. The first-order valence-electron chi connectivity index (χ1n) is 9.29. The quantitative estimate of drug-likeness (QED) is 0.719. The topological polar surface area (TPSA) is 49.3 Å². The smallest absolute Gasteiger partial charge is 0.360 e. The molecule has 1 aliphatic rings. The number of nitrogens with zero attached hydrogens (tertiary/aromatic N) is 4. The minimum absolute atomic E-state index is 0.126. The van der Waals surface area contributed by atoms with E-state index in [9.17, 15) is 18.0 Å². The Hall–Kier alpha value is -2.64. The molecule has 1 atom stereocenters. The number of carbonyl (C=O) groups is 1. The Balaban J connectivity index is 1.73. The summed E-state index contributed by atoms with van der Waals surface area (Å²) >= 11 is 0. The van der Waals surface area contributed by atoms with Gasteiger partial charge in [-0.15, -0.1) is 0 Å². The average Bonchev–Trinajstić information content (AvgIpc) is 2.72. The van der Waals surface area contributed by atoms with Crippen molar-refractivity contribution in [2.24, 2.45) is 5.92 Å². The molecule has 0 amide bonds. The second-order valence-electron chi connectivity index (χ2n) is 6.97. The lowest BCUT2D eigenvalue weighted by atomic mass is 9.89. The molecule has 1 aliphatic heterocycles. The van der Waals surface area contributed by atoms with E-state index in [4.69, 9.17) is 0 Å². The van der Waals surface area contributed by atoms with E-state index in [0.29, 0.717) is 18.5 Å². The normalized spacial score (nSPS) is 17.5. The van der Waals surface area contributed by atoms with Crippen LogP contribution >= 0.6 is 0 Å². The largest absolute Gasteiger partial charge is 0.416 e. The molecule has 2 heterocycles. The molecule has 0 bridgehead atoms. The van der Waals surface area contributed by atoms with Crippen LogP contribution in [-0.2, 0) is 6.18 Å². The maximum absolute atomic E-state index is 12.8. The fourth-order valence-corrected chi connectivity index (χ4v) is 3.34. The van der Waals surface area contributed by atoms with Crippen molar-refractivity contribution in [1.82, 2.24) is 9.97 Å². The first-order chi connectivity index (χ1) is 13.3. The van der Waals surface area contributed by atoms with Crippen LogP contribution in [-0.4, -0.2) is 42.4 Å². The Bertz CT molecular complexity index is 823. The lowest BCUT2D eigenvalue weighted by molar-refractivity contribution is -0.137. The third kappa shape index (κ3) is 4.43. The number of hydrogen-bond acceptors (Lipinski definition) is 5. The Morgan fingerprint density at radius 1 is 1.25 bits per heavy atom. The fourth-order valence-electron chi connectivity index (χ4n) is 3.34. The van der Waals surface area contributed by atoms with Gasteiger partial charge >= 0.3 is 6.18 Å². The second kappa shape index (κ2) is 8.16. The van der Waals surface area contributed by atoms with Crippen LogP contribution in [0, 0.1) is 5.92 Å². The number of alkyl halides is 3. The van der Waals surface area contributed by atoms with Gasteiger partial charge in [-0.2, -0.15) is 13.2 Å². The van der Waals surface area contributed by atoms with Crippen LogP contribution in [0.2, 0.25) is 0 Å². The number of Topliss-reactive ketones (excluding diaryl/α,β-unsaturated/α-hetero) is 1. The van der Waals surface area contributed by atoms with E-state index in [1.54, 1.807) is 0 Å². The molecule has 150 valence electrons. The van der Waals surface area contributed by atoms with Gasteiger partial charge in [0, 0.05) is 44.2 Å². The molecule has 1 aromatic heterocycles. The van der Waals surface area contributed by atoms with Gasteiger partial charge in [0.05, 0.1) is 5.56 Å². The number of anilines is 2. The second-order valence-corrected chi connectivity index (χ2v) is 6.97. The van der Waals surface area contributed by atoms with Gasteiger partial charge in [0.1, 0.15) is 18.0 Å². The van der Waals surface area contributed by atoms with Crippen molar-refractivity contribution in [1.29, 1.82) is 0 Å². The number of halogens is 3. The van der Waals surface area contributed by atoms with E-state index in [2.05, 4.69) is 9.97 Å². The van der Waals surface area contributed by atoms with Crippen LogP contribution in [0.5, 0.6) is 0 Å². The molecule has 5 nitrogen and oxygen atoms in total. The number of benzene rings is 1. The monoisotopic (exact) mass is 392 g/mol. The van der Waals surface area contributed by atoms with Crippen molar-refractivity contribution in [3.63, 3.8) is 0 Å². The minimum Gasteiger partial charge on any atom is -0.360 e. The van der Waals surface area contributed by atoms with Crippen LogP contribution in [0.3, 0.4) is 0 Å². The van der Waals surface area contributed by atoms with E-state index < -0.39 is 11.7 Å². The summed E-state index contributed by atoms with van der Waals surface area (Å²) in [5.74, 6) is 1.17. The lowest BCUT2D eigenvalue weighted by Gasteiger charge is -2.33. The van der Waals surface area contributed by atoms with Crippen molar-refractivity contribution in [3.8, 4) is 0 Å². The molecule has 0 radical (unpaired) electrons. The minimum atomic E-state index is -4.40. The van der Waals surface area contributed by atoms with Gasteiger partial charge in [-0.25, -0.2) is 9.97 Å². The molecule has 0 saturated carbocycles. The zero-order valence-corrected chi connectivity index (χ0v) is 15.9. The number of rotatable bonds is 5. The Labute approximate surface area is 162 Å². The molecule has 0 N–H and O–H groups in total. The van der Waals surface area contributed by atoms with Crippen LogP contribution in [0.4, 0.5) is 24.8 Å². The van der Waals surface area contributed by atoms with Crippen molar-refractivity contribution in [2.45, 2.75) is 25.9 Å². The molecule has 1 saturated heterocycles. The van der Waals surface area contributed by atoms with E-state index in [-0.39, 0.29) is 11.7 Å². The molecule has 0 spiro atoms. The Kier molecular flexibility index (Phi) is 5.86. The van der Waals surface area contributed by atoms with E-state index in [1.807, 2.05) is 29.8 Å². The molecular formula is C20H23F3N4O. The predicted molar refractivity (Wildman–Crippen MR) is 102 cm³/mol. The van der Waals surface area contributed by atoms with E-state index in [1.165, 1.54) is 18.5 Å². The maximum Gasteiger partial charge on any atom is 0.416 e. The average molecular weight is 392 g/mol. The van der Waals surface area contributed by atoms with Crippen molar-refractivity contribution in [3.05, 3.63) is 47.8 Å². The highest BCUT2D eigenvalue weighted by molar-refractivity contribution is 5.98. The summed E-state index contributed by atoms with van der Waals surface area (Å²) in [6, 6.07) is 6.36. The summed E-state index contributed by atoms with van der Waals surface area (Å²) in [6.07, 6.45) is -1.36. The predicted octanol–water partition coefficient (Wildman–Crippen LogP) is 4.05. The molecule has 0 aliphatic carbocycles. The molecule has 3 rings (SSSR count).